The molecule has 1 aromatic carbocycles. The molecule has 0 saturated carbocycles. The van der Waals surface area contributed by atoms with E-state index in [1.165, 1.54) is 24.8 Å². The number of carboxylic acids is 1. The van der Waals surface area contributed by atoms with Crippen molar-refractivity contribution in [2.75, 3.05) is 13.1 Å². The van der Waals surface area contributed by atoms with E-state index >= 15 is 0 Å². The van der Waals surface area contributed by atoms with Gasteiger partial charge in [-0.05, 0) is 56.3 Å². The number of nitrogens with zero attached hydrogens (tertiary/aromatic N) is 1. The summed E-state index contributed by atoms with van der Waals surface area (Å²) in [6.45, 7) is 4.04. The smallest absolute Gasteiger partial charge is 0.321 e. The molecule has 0 bridgehead atoms. The lowest BCUT2D eigenvalue weighted by molar-refractivity contribution is -0.143. The van der Waals surface area contributed by atoms with E-state index in [4.69, 9.17) is 0 Å². The maximum absolute atomic E-state index is 11.6. The van der Waals surface area contributed by atoms with E-state index < -0.39 is 5.97 Å². The first-order valence-electron chi connectivity index (χ1n) is 8.25. The highest BCUT2D eigenvalue weighted by molar-refractivity contribution is 5.74. The van der Waals surface area contributed by atoms with Gasteiger partial charge in [-0.15, -0.1) is 0 Å². The van der Waals surface area contributed by atoms with Gasteiger partial charge in [0.1, 0.15) is 6.04 Å². The molecule has 3 nitrogen and oxygen atoms in total. The number of aliphatic carboxylic acids is 1. The van der Waals surface area contributed by atoms with Crippen LogP contribution in [0.5, 0.6) is 0 Å². The number of carbonyl (C=O) groups is 1. The van der Waals surface area contributed by atoms with Crippen LogP contribution in [0.25, 0.3) is 0 Å². The summed E-state index contributed by atoms with van der Waals surface area (Å²) in [5.74, 6) is -0.688. The van der Waals surface area contributed by atoms with Crippen molar-refractivity contribution < 1.29 is 9.90 Å². The third-order valence-electron chi connectivity index (χ3n) is 4.39. The van der Waals surface area contributed by atoms with Gasteiger partial charge in [0.2, 0.25) is 0 Å². The first-order chi connectivity index (χ1) is 10.2. The van der Waals surface area contributed by atoms with Crippen LogP contribution >= 0.6 is 0 Å². The number of piperidine rings is 1. The predicted molar refractivity (Wildman–Crippen MR) is 85.6 cm³/mol. The molecule has 0 spiro atoms. The van der Waals surface area contributed by atoms with Crippen molar-refractivity contribution in [3.63, 3.8) is 0 Å². The summed E-state index contributed by atoms with van der Waals surface area (Å²) >= 11 is 0. The Morgan fingerprint density at radius 3 is 2.33 bits per heavy atom. The van der Waals surface area contributed by atoms with Gasteiger partial charge in [0.25, 0.3) is 0 Å². The van der Waals surface area contributed by atoms with Gasteiger partial charge < -0.3 is 5.11 Å². The molecule has 1 atom stereocenters. The van der Waals surface area contributed by atoms with Crippen LogP contribution in [0, 0.1) is 0 Å². The molecule has 0 amide bonds. The van der Waals surface area contributed by atoms with Gasteiger partial charge in [-0.1, -0.05) is 44.0 Å². The van der Waals surface area contributed by atoms with Crippen LogP contribution in [-0.2, 0) is 17.6 Å². The quantitative estimate of drug-likeness (QED) is 0.835. The van der Waals surface area contributed by atoms with Gasteiger partial charge in [0.05, 0.1) is 0 Å². The second-order valence-electron chi connectivity index (χ2n) is 6.07. The van der Waals surface area contributed by atoms with E-state index in [2.05, 4.69) is 36.1 Å². The minimum Gasteiger partial charge on any atom is -0.480 e. The van der Waals surface area contributed by atoms with Gasteiger partial charge in [-0.25, -0.2) is 0 Å². The summed E-state index contributed by atoms with van der Waals surface area (Å²) in [6.07, 6.45) is 7.63. The number of rotatable bonds is 7. The van der Waals surface area contributed by atoms with E-state index in [0.29, 0.717) is 6.42 Å². The largest absolute Gasteiger partial charge is 0.480 e. The minimum absolute atomic E-state index is 0.369. The molecule has 0 radical (unpaired) electrons. The summed E-state index contributed by atoms with van der Waals surface area (Å²) in [4.78, 5) is 13.7. The Labute approximate surface area is 128 Å². The van der Waals surface area contributed by atoms with Crippen molar-refractivity contribution >= 4 is 5.97 Å². The number of likely N-dealkylation sites (tertiary alicyclic amines) is 1. The monoisotopic (exact) mass is 289 g/mol. The normalized spacial score (nSPS) is 17.6. The maximum Gasteiger partial charge on any atom is 0.321 e. The Kier molecular flexibility index (Phi) is 6.24. The minimum atomic E-state index is -0.688. The van der Waals surface area contributed by atoms with E-state index in [1.807, 2.05) is 0 Å². The van der Waals surface area contributed by atoms with Crippen molar-refractivity contribution in [1.82, 2.24) is 4.90 Å². The van der Waals surface area contributed by atoms with Gasteiger partial charge in [0.15, 0.2) is 0 Å². The second-order valence-corrected chi connectivity index (χ2v) is 6.07. The molecule has 1 unspecified atom stereocenters. The molecule has 0 aromatic heterocycles. The topological polar surface area (TPSA) is 40.5 Å². The van der Waals surface area contributed by atoms with Crippen molar-refractivity contribution in [3.8, 4) is 0 Å². The Balaban J connectivity index is 1.97. The molecule has 1 aliphatic rings. The Morgan fingerprint density at radius 1 is 1.14 bits per heavy atom. The lowest BCUT2D eigenvalue weighted by Gasteiger charge is -2.32. The molecular weight excluding hydrogens is 262 g/mol. The lowest BCUT2D eigenvalue weighted by atomic mass is 9.99. The highest BCUT2D eigenvalue weighted by Gasteiger charge is 2.26. The average molecular weight is 289 g/mol. The van der Waals surface area contributed by atoms with Crippen molar-refractivity contribution in [2.24, 2.45) is 0 Å². The van der Waals surface area contributed by atoms with E-state index in [0.717, 1.165) is 37.9 Å². The first-order valence-corrected chi connectivity index (χ1v) is 8.25. The molecule has 21 heavy (non-hydrogen) atoms. The molecular formula is C18H27NO2. The van der Waals surface area contributed by atoms with Crippen LogP contribution in [0.2, 0.25) is 0 Å². The molecule has 1 heterocycles. The molecule has 0 aliphatic carbocycles. The summed E-state index contributed by atoms with van der Waals surface area (Å²) < 4.78 is 0. The zero-order chi connectivity index (χ0) is 15.1. The summed E-state index contributed by atoms with van der Waals surface area (Å²) in [5, 5.41) is 9.52. The summed E-state index contributed by atoms with van der Waals surface area (Å²) in [7, 11) is 0. The molecule has 1 aromatic rings. The van der Waals surface area contributed by atoms with Crippen LogP contribution in [-0.4, -0.2) is 35.1 Å². The SMILES string of the molecule is CCCCc1ccc(CC(C(=O)O)N2CCCCC2)cc1. The van der Waals surface area contributed by atoms with E-state index in [-0.39, 0.29) is 6.04 Å². The fourth-order valence-corrected chi connectivity index (χ4v) is 3.05. The Bertz CT molecular complexity index is 435. The van der Waals surface area contributed by atoms with Crippen LogP contribution < -0.4 is 0 Å². The van der Waals surface area contributed by atoms with E-state index in [1.54, 1.807) is 0 Å². The van der Waals surface area contributed by atoms with Crippen LogP contribution in [0.1, 0.15) is 50.2 Å². The molecule has 3 heteroatoms. The van der Waals surface area contributed by atoms with Gasteiger partial charge in [0, 0.05) is 0 Å². The molecule has 1 saturated heterocycles. The van der Waals surface area contributed by atoms with Crippen molar-refractivity contribution in [2.45, 2.75) is 57.9 Å². The average Bonchev–Trinajstić information content (AvgIpc) is 2.52. The number of unbranched alkanes of at least 4 members (excludes halogenated alkanes) is 1. The highest BCUT2D eigenvalue weighted by atomic mass is 16.4. The summed E-state index contributed by atoms with van der Waals surface area (Å²) in [6, 6.07) is 8.14. The number of benzene rings is 1. The lowest BCUT2D eigenvalue weighted by Crippen LogP contribution is -2.45. The van der Waals surface area contributed by atoms with Gasteiger partial charge >= 0.3 is 5.97 Å². The van der Waals surface area contributed by atoms with Crippen molar-refractivity contribution in [1.29, 1.82) is 0 Å². The second kappa shape index (κ2) is 8.18. The zero-order valence-corrected chi connectivity index (χ0v) is 13.1. The molecule has 1 N–H and O–H groups in total. The predicted octanol–water partition coefficient (Wildman–Crippen LogP) is 3.51. The molecule has 2 rings (SSSR count). The standard InChI is InChI=1S/C18H27NO2/c1-2-3-7-15-8-10-16(11-9-15)14-17(18(20)21)19-12-5-4-6-13-19/h8-11,17H,2-7,12-14H2,1H3,(H,20,21). The first kappa shape index (κ1) is 16.0. The zero-order valence-electron chi connectivity index (χ0n) is 13.1. The van der Waals surface area contributed by atoms with Crippen LogP contribution in [0.4, 0.5) is 0 Å². The Hall–Kier alpha value is -1.35. The number of hydrogen-bond acceptors (Lipinski definition) is 2. The molecule has 1 fully saturated rings. The number of aryl methyl sites for hydroxylation is 1. The number of hydrogen-bond donors (Lipinski definition) is 1. The molecule has 1 aliphatic heterocycles. The number of carboxylic acid groups (broad SMARTS) is 1. The van der Waals surface area contributed by atoms with Crippen LogP contribution in [0.15, 0.2) is 24.3 Å². The Morgan fingerprint density at radius 2 is 1.76 bits per heavy atom. The summed E-state index contributed by atoms with van der Waals surface area (Å²) in [5.41, 5.74) is 2.48. The fourth-order valence-electron chi connectivity index (χ4n) is 3.05. The highest BCUT2D eigenvalue weighted by Crippen LogP contribution is 2.17. The fraction of sp³-hybridized carbons (Fsp3) is 0.611. The molecule has 116 valence electrons. The van der Waals surface area contributed by atoms with Gasteiger partial charge in [-0.3, -0.25) is 9.69 Å². The third kappa shape index (κ3) is 4.85. The van der Waals surface area contributed by atoms with Crippen LogP contribution in [0.3, 0.4) is 0 Å². The van der Waals surface area contributed by atoms with Gasteiger partial charge in [-0.2, -0.15) is 0 Å². The van der Waals surface area contributed by atoms with E-state index in [9.17, 15) is 9.90 Å². The van der Waals surface area contributed by atoms with Crippen molar-refractivity contribution in [3.05, 3.63) is 35.4 Å². The maximum atomic E-state index is 11.6. The third-order valence-corrected chi connectivity index (χ3v) is 4.39.